The monoisotopic (exact) mass is 393 g/mol. The number of hydrogen-bond acceptors (Lipinski definition) is 3. The Hall–Kier alpha value is -1.66. The molecule has 2 saturated heterocycles. The molecule has 1 atom stereocenters. The number of halogens is 2. The fourth-order valence-electron chi connectivity index (χ4n) is 4.14. The van der Waals surface area contributed by atoms with Crippen LogP contribution in [0.25, 0.3) is 0 Å². The van der Waals surface area contributed by atoms with E-state index >= 15 is 0 Å². The van der Waals surface area contributed by atoms with Crippen LogP contribution in [-0.2, 0) is 4.79 Å². The molecule has 27 heavy (non-hydrogen) atoms. The molecule has 1 aliphatic carbocycles. The zero-order valence-electron chi connectivity index (χ0n) is 15.4. The highest BCUT2D eigenvalue weighted by atomic mass is 35.5. The topological polar surface area (TPSA) is 43.9 Å². The predicted molar refractivity (Wildman–Crippen MR) is 101 cm³/mol. The van der Waals surface area contributed by atoms with Gasteiger partial charge in [0.2, 0.25) is 5.91 Å². The molecule has 5 nitrogen and oxygen atoms in total. The lowest BCUT2D eigenvalue weighted by Gasteiger charge is -2.26. The molecule has 1 unspecified atom stereocenters. The zero-order chi connectivity index (χ0) is 19.0. The van der Waals surface area contributed by atoms with Gasteiger partial charge >= 0.3 is 0 Å². The van der Waals surface area contributed by atoms with Crippen molar-refractivity contribution < 1.29 is 14.0 Å². The van der Waals surface area contributed by atoms with Gasteiger partial charge in [-0.05, 0) is 49.8 Å². The Labute approximate surface area is 164 Å². The Bertz CT molecular complexity index is 740. The molecule has 0 spiro atoms. The van der Waals surface area contributed by atoms with E-state index in [2.05, 4.69) is 4.90 Å². The Balaban J connectivity index is 1.38. The van der Waals surface area contributed by atoms with Crippen molar-refractivity contribution in [2.75, 3.05) is 39.3 Å². The summed E-state index contributed by atoms with van der Waals surface area (Å²) >= 11 is 6.09. The summed E-state index contributed by atoms with van der Waals surface area (Å²) in [5, 5.41) is 0.268. The minimum atomic E-state index is -0.466. The quantitative estimate of drug-likeness (QED) is 0.789. The SMILES string of the molecule is O=C(c1cc(F)ccc1Cl)N1CCCN(C2CCN(CC3CC3)C2=O)CC1. The smallest absolute Gasteiger partial charge is 0.255 e. The second-order valence-electron chi connectivity index (χ2n) is 7.84. The first-order valence-electron chi connectivity index (χ1n) is 9.80. The second-order valence-corrected chi connectivity index (χ2v) is 8.25. The van der Waals surface area contributed by atoms with Crippen LogP contribution in [0.5, 0.6) is 0 Å². The van der Waals surface area contributed by atoms with Crippen molar-refractivity contribution >= 4 is 23.4 Å². The molecule has 4 rings (SSSR count). The number of benzene rings is 1. The molecule has 2 heterocycles. The normalized spacial score (nSPS) is 24.4. The van der Waals surface area contributed by atoms with Crippen LogP contribution in [-0.4, -0.2) is 71.8 Å². The molecule has 1 aromatic carbocycles. The third-order valence-corrected chi connectivity index (χ3v) is 6.19. The minimum absolute atomic E-state index is 0.0587. The van der Waals surface area contributed by atoms with Gasteiger partial charge in [-0.1, -0.05) is 11.6 Å². The van der Waals surface area contributed by atoms with Crippen molar-refractivity contribution in [3.8, 4) is 0 Å². The van der Waals surface area contributed by atoms with Gasteiger partial charge in [0.1, 0.15) is 5.82 Å². The lowest BCUT2D eigenvalue weighted by molar-refractivity contribution is -0.132. The van der Waals surface area contributed by atoms with Gasteiger partial charge in [0.05, 0.1) is 16.6 Å². The van der Waals surface area contributed by atoms with E-state index in [4.69, 9.17) is 11.6 Å². The van der Waals surface area contributed by atoms with Gasteiger partial charge in [0.25, 0.3) is 5.91 Å². The van der Waals surface area contributed by atoms with Crippen LogP contribution in [0.3, 0.4) is 0 Å². The van der Waals surface area contributed by atoms with E-state index in [0.717, 1.165) is 32.5 Å². The maximum absolute atomic E-state index is 13.5. The molecule has 3 aliphatic rings. The summed E-state index contributed by atoms with van der Waals surface area (Å²) in [7, 11) is 0. The molecule has 7 heteroatoms. The predicted octanol–water partition coefficient (Wildman–Crippen LogP) is 2.64. The van der Waals surface area contributed by atoms with Gasteiger partial charge in [-0.2, -0.15) is 0 Å². The van der Waals surface area contributed by atoms with Crippen LogP contribution in [0.4, 0.5) is 4.39 Å². The molecule has 2 aliphatic heterocycles. The zero-order valence-corrected chi connectivity index (χ0v) is 16.1. The fraction of sp³-hybridized carbons (Fsp3) is 0.600. The standard InChI is InChI=1S/C20H25ClFN3O2/c21-17-5-4-15(22)12-16(17)19(26)24-8-1-7-23(10-11-24)18-6-9-25(20(18)27)13-14-2-3-14/h4-5,12,14,18H,1-3,6-11,13H2. The molecule has 1 aromatic rings. The summed E-state index contributed by atoms with van der Waals surface area (Å²) in [6.45, 7) is 4.33. The molecular formula is C20H25ClFN3O2. The summed E-state index contributed by atoms with van der Waals surface area (Å²) in [4.78, 5) is 31.5. The van der Waals surface area contributed by atoms with Crippen LogP contribution in [0.2, 0.25) is 5.02 Å². The molecule has 0 N–H and O–H groups in total. The summed E-state index contributed by atoms with van der Waals surface area (Å²) in [5.41, 5.74) is 0.206. The summed E-state index contributed by atoms with van der Waals surface area (Å²) < 4.78 is 13.5. The molecule has 146 valence electrons. The Kier molecular flexibility index (Phi) is 5.37. The number of rotatable bonds is 4. The van der Waals surface area contributed by atoms with Crippen LogP contribution in [0.15, 0.2) is 18.2 Å². The van der Waals surface area contributed by atoms with Gasteiger partial charge in [-0.25, -0.2) is 4.39 Å². The summed E-state index contributed by atoms with van der Waals surface area (Å²) in [6.07, 6.45) is 4.16. The first kappa shape index (κ1) is 18.7. The Morgan fingerprint density at radius 2 is 1.93 bits per heavy atom. The van der Waals surface area contributed by atoms with Crippen molar-refractivity contribution in [1.82, 2.24) is 14.7 Å². The molecule has 2 amide bonds. The molecule has 0 bridgehead atoms. The number of carbonyl (C=O) groups is 2. The first-order valence-corrected chi connectivity index (χ1v) is 10.2. The fourth-order valence-corrected chi connectivity index (χ4v) is 4.34. The molecule has 0 radical (unpaired) electrons. The highest BCUT2D eigenvalue weighted by molar-refractivity contribution is 6.33. The second kappa shape index (κ2) is 7.76. The van der Waals surface area contributed by atoms with E-state index in [9.17, 15) is 14.0 Å². The summed E-state index contributed by atoms with van der Waals surface area (Å²) in [6, 6.07) is 3.81. The minimum Gasteiger partial charge on any atom is -0.341 e. The van der Waals surface area contributed by atoms with Crippen molar-refractivity contribution in [3.05, 3.63) is 34.6 Å². The average molecular weight is 394 g/mol. The Morgan fingerprint density at radius 1 is 1.11 bits per heavy atom. The first-order chi connectivity index (χ1) is 13.0. The third kappa shape index (κ3) is 4.11. The van der Waals surface area contributed by atoms with Crippen molar-refractivity contribution in [3.63, 3.8) is 0 Å². The lowest BCUT2D eigenvalue weighted by atomic mass is 10.2. The maximum Gasteiger partial charge on any atom is 0.255 e. The van der Waals surface area contributed by atoms with Crippen LogP contribution in [0, 0.1) is 11.7 Å². The van der Waals surface area contributed by atoms with Crippen LogP contribution >= 0.6 is 11.6 Å². The van der Waals surface area contributed by atoms with Gasteiger partial charge in [0.15, 0.2) is 0 Å². The van der Waals surface area contributed by atoms with Gasteiger partial charge in [-0.3, -0.25) is 14.5 Å². The van der Waals surface area contributed by atoms with E-state index < -0.39 is 5.82 Å². The average Bonchev–Trinajstić information content (AvgIpc) is 3.44. The number of nitrogens with zero attached hydrogens (tertiary/aromatic N) is 3. The van der Waals surface area contributed by atoms with E-state index in [0.29, 0.717) is 25.6 Å². The summed E-state index contributed by atoms with van der Waals surface area (Å²) in [5.74, 6) is 0.247. The van der Waals surface area contributed by atoms with Crippen molar-refractivity contribution in [2.24, 2.45) is 5.92 Å². The van der Waals surface area contributed by atoms with Crippen molar-refractivity contribution in [2.45, 2.75) is 31.7 Å². The van der Waals surface area contributed by atoms with Crippen molar-refractivity contribution in [1.29, 1.82) is 0 Å². The number of hydrogen-bond donors (Lipinski definition) is 0. The van der Waals surface area contributed by atoms with Gasteiger partial charge in [0, 0.05) is 39.3 Å². The number of carbonyl (C=O) groups excluding carboxylic acids is 2. The van der Waals surface area contributed by atoms with E-state index in [-0.39, 0.29) is 28.4 Å². The van der Waals surface area contributed by atoms with E-state index in [1.807, 2.05) is 4.90 Å². The van der Waals surface area contributed by atoms with Crippen LogP contribution < -0.4 is 0 Å². The molecule has 0 aromatic heterocycles. The third-order valence-electron chi connectivity index (χ3n) is 5.86. The van der Waals surface area contributed by atoms with E-state index in [1.165, 1.54) is 31.0 Å². The lowest BCUT2D eigenvalue weighted by Crippen LogP contribution is -2.44. The van der Waals surface area contributed by atoms with Gasteiger partial charge in [-0.15, -0.1) is 0 Å². The van der Waals surface area contributed by atoms with E-state index in [1.54, 1.807) is 4.90 Å². The highest BCUT2D eigenvalue weighted by Gasteiger charge is 2.38. The van der Waals surface area contributed by atoms with Crippen LogP contribution in [0.1, 0.15) is 36.0 Å². The van der Waals surface area contributed by atoms with Gasteiger partial charge < -0.3 is 9.80 Å². The highest BCUT2D eigenvalue weighted by Crippen LogP contribution is 2.32. The molecule has 3 fully saturated rings. The Morgan fingerprint density at radius 3 is 2.70 bits per heavy atom. The molecule has 1 saturated carbocycles. The largest absolute Gasteiger partial charge is 0.341 e. The maximum atomic E-state index is 13.5. The molecular weight excluding hydrogens is 369 g/mol. The number of likely N-dealkylation sites (tertiary alicyclic amines) is 1. The number of amides is 2.